The number of hydrogen-bond donors (Lipinski definition) is 2. The van der Waals surface area contributed by atoms with Crippen LogP contribution in [0.5, 0.6) is 0 Å². The van der Waals surface area contributed by atoms with E-state index in [1.54, 1.807) is 37.3 Å². The van der Waals surface area contributed by atoms with Crippen LogP contribution >= 0.6 is 0 Å². The third kappa shape index (κ3) is 2.91. The molecule has 160 valence electrons. The number of para-hydroxylation sites is 1. The highest BCUT2D eigenvalue weighted by Gasteiger charge is 2.49. The number of amides is 1. The number of aryl methyl sites for hydroxylation is 1. The molecule has 1 unspecified atom stereocenters. The number of hydrogen-bond acceptors (Lipinski definition) is 4. The smallest absolute Gasteiger partial charge is 0.300 e. The Labute approximate surface area is 180 Å². The van der Waals surface area contributed by atoms with Crippen LogP contribution in [0.3, 0.4) is 0 Å². The lowest BCUT2D eigenvalue weighted by molar-refractivity contribution is -0.132. The number of benzene rings is 2. The summed E-state index contributed by atoms with van der Waals surface area (Å²) in [6.45, 7) is 1.66. The Morgan fingerprint density at radius 1 is 1.09 bits per heavy atom. The summed E-state index contributed by atoms with van der Waals surface area (Å²) < 4.78 is 34.2. The summed E-state index contributed by atoms with van der Waals surface area (Å²) in [5.41, 5.74) is 0.304. The first-order chi connectivity index (χ1) is 15.4. The van der Waals surface area contributed by atoms with Gasteiger partial charge in [-0.3, -0.25) is 14.5 Å². The first-order valence-corrected chi connectivity index (χ1v) is 9.75. The van der Waals surface area contributed by atoms with Crippen LogP contribution in [0.15, 0.2) is 70.8 Å². The molecule has 1 aliphatic heterocycles. The molecule has 2 aromatic carbocycles. The molecule has 0 bridgehead atoms. The van der Waals surface area contributed by atoms with Gasteiger partial charge in [-0.2, -0.15) is 0 Å². The van der Waals surface area contributed by atoms with Crippen LogP contribution in [0.1, 0.15) is 23.1 Å². The highest BCUT2D eigenvalue weighted by molar-refractivity contribution is 6.51. The molecule has 0 spiro atoms. The molecule has 8 heteroatoms. The summed E-state index contributed by atoms with van der Waals surface area (Å²) in [6, 6.07) is 11.6. The molecule has 5 rings (SSSR count). The van der Waals surface area contributed by atoms with Gasteiger partial charge in [0.05, 0.1) is 11.3 Å². The summed E-state index contributed by atoms with van der Waals surface area (Å²) in [6.07, 6.45) is 1.51. The maximum absolute atomic E-state index is 14.6. The number of furan rings is 1. The number of carbonyl (C=O) groups excluding carboxylic acids is 2. The normalized spacial score (nSPS) is 18.1. The first kappa shape index (κ1) is 19.7. The lowest BCUT2D eigenvalue weighted by atomic mass is 9.99. The second-order valence-corrected chi connectivity index (χ2v) is 7.46. The number of aromatic nitrogens is 1. The predicted octanol–water partition coefficient (Wildman–Crippen LogP) is 4.97. The fourth-order valence-electron chi connectivity index (χ4n) is 4.03. The van der Waals surface area contributed by atoms with Crippen LogP contribution < -0.4 is 4.90 Å². The van der Waals surface area contributed by atoms with Gasteiger partial charge in [0.1, 0.15) is 35.0 Å². The highest BCUT2D eigenvalue weighted by Crippen LogP contribution is 2.44. The monoisotopic (exact) mass is 434 g/mol. The molecule has 1 amide bonds. The minimum Gasteiger partial charge on any atom is -0.507 e. The van der Waals surface area contributed by atoms with E-state index >= 15 is 0 Å². The van der Waals surface area contributed by atoms with Crippen molar-refractivity contribution in [3.05, 3.63) is 95.1 Å². The number of Topliss-reactive ketones (excluding diaryl/α,β-unsaturated/α-hetero) is 1. The number of halogens is 2. The number of aromatic amines is 1. The van der Waals surface area contributed by atoms with E-state index in [-0.39, 0.29) is 11.3 Å². The van der Waals surface area contributed by atoms with E-state index in [9.17, 15) is 23.5 Å². The Kier molecular flexibility index (Phi) is 4.44. The Bertz CT molecular complexity index is 1430. The maximum atomic E-state index is 14.6. The van der Waals surface area contributed by atoms with Crippen molar-refractivity contribution in [2.75, 3.05) is 4.90 Å². The third-order valence-electron chi connectivity index (χ3n) is 5.49. The summed E-state index contributed by atoms with van der Waals surface area (Å²) in [5, 5.41) is 11.8. The van der Waals surface area contributed by atoms with Crippen molar-refractivity contribution in [1.82, 2.24) is 4.98 Å². The molecule has 1 saturated heterocycles. The molecule has 1 fully saturated rings. The van der Waals surface area contributed by atoms with E-state index in [1.165, 1.54) is 12.3 Å². The van der Waals surface area contributed by atoms with Gasteiger partial charge in [-0.15, -0.1) is 0 Å². The first-order valence-electron chi connectivity index (χ1n) is 9.75. The number of rotatable bonds is 3. The van der Waals surface area contributed by atoms with Crippen molar-refractivity contribution in [3.8, 4) is 0 Å². The SMILES string of the molecule is Cc1ccc(C2/C(=C(/O)c3c[nH]c4ccccc34)C(=O)C(=O)N2c2cc(F)ccc2F)o1. The van der Waals surface area contributed by atoms with Crippen molar-refractivity contribution >= 4 is 34.0 Å². The molecule has 32 heavy (non-hydrogen) atoms. The number of nitrogens with zero attached hydrogens (tertiary/aromatic N) is 1. The third-order valence-corrected chi connectivity index (χ3v) is 5.49. The quantitative estimate of drug-likeness (QED) is 0.271. The van der Waals surface area contributed by atoms with Crippen molar-refractivity contribution < 1.29 is 27.9 Å². The number of fused-ring (bicyclic) bond motifs is 1. The zero-order valence-corrected chi connectivity index (χ0v) is 16.7. The lowest BCUT2D eigenvalue weighted by Crippen LogP contribution is -2.30. The minimum absolute atomic E-state index is 0.131. The fraction of sp³-hybridized carbons (Fsp3) is 0.0833. The number of aliphatic hydroxyl groups is 1. The van der Waals surface area contributed by atoms with Crippen molar-refractivity contribution in [2.45, 2.75) is 13.0 Å². The van der Waals surface area contributed by atoms with Crippen molar-refractivity contribution in [3.63, 3.8) is 0 Å². The van der Waals surface area contributed by atoms with Crippen molar-refractivity contribution in [1.29, 1.82) is 0 Å². The Balaban J connectivity index is 1.78. The molecule has 1 atom stereocenters. The average molecular weight is 434 g/mol. The van der Waals surface area contributed by atoms with Crippen LogP contribution in [0.4, 0.5) is 14.5 Å². The summed E-state index contributed by atoms with van der Waals surface area (Å²) >= 11 is 0. The topological polar surface area (TPSA) is 86.5 Å². The van der Waals surface area contributed by atoms with Gasteiger partial charge in [0.15, 0.2) is 0 Å². The zero-order valence-electron chi connectivity index (χ0n) is 16.7. The van der Waals surface area contributed by atoms with Gasteiger partial charge in [0.25, 0.3) is 11.7 Å². The van der Waals surface area contributed by atoms with Gasteiger partial charge >= 0.3 is 0 Å². The van der Waals surface area contributed by atoms with E-state index in [0.29, 0.717) is 22.2 Å². The zero-order chi connectivity index (χ0) is 22.6. The molecule has 0 radical (unpaired) electrons. The Morgan fingerprint density at radius 3 is 2.62 bits per heavy atom. The average Bonchev–Trinajstić information content (AvgIpc) is 3.46. The van der Waals surface area contributed by atoms with E-state index in [4.69, 9.17) is 4.42 Å². The molecular formula is C24H16F2N2O4. The number of anilines is 1. The van der Waals surface area contributed by atoms with Crippen LogP contribution in [-0.4, -0.2) is 21.8 Å². The van der Waals surface area contributed by atoms with Crippen LogP contribution in [0.2, 0.25) is 0 Å². The molecule has 2 N–H and O–H groups in total. The van der Waals surface area contributed by atoms with E-state index in [2.05, 4.69) is 4.98 Å². The minimum atomic E-state index is -1.28. The lowest BCUT2D eigenvalue weighted by Gasteiger charge is -2.23. The molecule has 1 aliphatic rings. The summed E-state index contributed by atoms with van der Waals surface area (Å²) in [7, 11) is 0. The van der Waals surface area contributed by atoms with E-state index < -0.39 is 40.8 Å². The second-order valence-electron chi connectivity index (χ2n) is 7.46. The Hall–Kier alpha value is -4.20. The van der Waals surface area contributed by atoms with Gasteiger partial charge in [-0.1, -0.05) is 18.2 Å². The predicted molar refractivity (Wildman–Crippen MR) is 113 cm³/mol. The molecule has 0 saturated carbocycles. The summed E-state index contributed by atoms with van der Waals surface area (Å²) in [4.78, 5) is 29.9. The maximum Gasteiger partial charge on any atom is 0.300 e. The Morgan fingerprint density at radius 2 is 1.88 bits per heavy atom. The van der Waals surface area contributed by atoms with E-state index in [0.717, 1.165) is 23.1 Å². The van der Waals surface area contributed by atoms with E-state index in [1.807, 2.05) is 0 Å². The molecular weight excluding hydrogens is 418 g/mol. The molecule has 0 aliphatic carbocycles. The van der Waals surface area contributed by atoms with Crippen LogP contribution in [0, 0.1) is 18.6 Å². The van der Waals surface area contributed by atoms with Crippen LogP contribution in [0.25, 0.3) is 16.7 Å². The molecule has 6 nitrogen and oxygen atoms in total. The van der Waals surface area contributed by atoms with Gasteiger partial charge < -0.3 is 14.5 Å². The molecule has 4 aromatic rings. The number of carbonyl (C=O) groups is 2. The molecule has 2 aromatic heterocycles. The van der Waals surface area contributed by atoms with Gasteiger partial charge in [0.2, 0.25) is 0 Å². The highest BCUT2D eigenvalue weighted by atomic mass is 19.1. The largest absolute Gasteiger partial charge is 0.507 e. The number of nitrogens with one attached hydrogen (secondary N) is 1. The second kappa shape index (κ2) is 7.19. The summed E-state index contributed by atoms with van der Waals surface area (Å²) in [5.74, 6) is -3.64. The van der Waals surface area contributed by atoms with Gasteiger partial charge in [-0.25, -0.2) is 8.78 Å². The van der Waals surface area contributed by atoms with Gasteiger partial charge in [-0.05, 0) is 37.3 Å². The van der Waals surface area contributed by atoms with Crippen LogP contribution in [-0.2, 0) is 9.59 Å². The number of aliphatic hydroxyl groups excluding tert-OH is 1. The number of H-pyrrole nitrogens is 1. The number of ketones is 1. The molecule has 3 heterocycles. The van der Waals surface area contributed by atoms with Crippen molar-refractivity contribution in [2.24, 2.45) is 0 Å². The van der Waals surface area contributed by atoms with Gasteiger partial charge in [0, 0.05) is 28.7 Å². The standard InChI is InChI=1S/C24H16F2N2O4/c1-12-6-9-19(32-12)21-20(22(29)15-11-27-17-5-3-2-4-14(15)17)23(30)24(31)28(21)18-10-13(25)7-8-16(18)26/h2-11,21,27,29H,1H3/b22-20-. The fourth-order valence-corrected chi connectivity index (χ4v) is 4.03.